The van der Waals surface area contributed by atoms with E-state index in [9.17, 15) is 0 Å². The summed E-state index contributed by atoms with van der Waals surface area (Å²) in [5.74, 6) is 0. The number of alkyl halides is 1. The monoisotopic (exact) mass is 221 g/mol. The SMILES string of the molecule is CCC(C)NC(C)CC(C)Br. The molecule has 1 N–H and O–H groups in total. The molecule has 0 aliphatic rings. The Morgan fingerprint density at radius 3 is 2.09 bits per heavy atom. The van der Waals surface area contributed by atoms with Gasteiger partial charge >= 0.3 is 0 Å². The number of rotatable bonds is 5. The van der Waals surface area contributed by atoms with E-state index < -0.39 is 0 Å². The molecule has 0 radical (unpaired) electrons. The van der Waals surface area contributed by atoms with Crippen LogP contribution in [0.5, 0.6) is 0 Å². The molecule has 0 aromatic carbocycles. The lowest BCUT2D eigenvalue weighted by Crippen LogP contribution is -2.35. The summed E-state index contributed by atoms with van der Waals surface area (Å²) >= 11 is 3.55. The standard InChI is InChI=1S/C9H20BrN/c1-5-8(3)11-9(4)6-7(2)10/h7-9,11H,5-6H2,1-4H3. The smallest absolute Gasteiger partial charge is 0.0132 e. The molecular weight excluding hydrogens is 202 g/mol. The maximum Gasteiger partial charge on any atom is 0.0132 e. The molecule has 0 aliphatic heterocycles. The molecule has 0 rings (SSSR count). The molecule has 3 atom stereocenters. The van der Waals surface area contributed by atoms with Gasteiger partial charge in [0.2, 0.25) is 0 Å². The van der Waals surface area contributed by atoms with Gasteiger partial charge in [0.05, 0.1) is 0 Å². The van der Waals surface area contributed by atoms with Crippen molar-refractivity contribution < 1.29 is 0 Å². The minimum atomic E-state index is 0.619. The summed E-state index contributed by atoms with van der Waals surface area (Å²) in [4.78, 5) is 0.619. The van der Waals surface area contributed by atoms with Crippen molar-refractivity contribution in [1.82, 2.24) is 5.32 Å². The van der Waals surface area contributed by atoms with E-state index in [1.165, 1.54) is 12.8 Å². The number of hydrogen-bond acceptors (Lipinski definition) is 1. The van der Waals surface area contributed by atoms with Crippen molar-refractivity contribution in [2.75, 3.05) is 0 Å². The molecule has 0 spiro atoms. The Kier molecular flexibility index (Phi) is 6.25. The molecule has 0 saturated heterocycles. The minimum absolute atomic E-state index is 0.619. The van der Waals surface area contributed by atoms with Crippen LogP contribution >= 0.6 is 15.9 Å². The fourth-order valence-electron chi connectivity index (χ4n) is 1.16. The fraction of sp³-hybridized carbons (Fsp3) is 1.00. The van der Waals surface area contributed by atoms with Gasteiger partial charge in [-0.1, -0.05) is 29.8 Å². The van der Waals surface area contributed by atoms with Crippen LogP contribution in [0.3, 0.4) is 0 Å². The second kappa shape index (κ2) is 6.01. The van der Waals surface area contributed by atoms with Crippen LogP contribution in [0.25, 0.3) is 0 Å². The fourth-order valence-corrected chi connectivity index (χ4v) is 1.72. The third-order valence-corrected chi connectivity index (χ3v) is 2.23. The topological polar surface area (TPSA) is 12.0 Å². The van der Waals surface area contributed by atoms with Crippen molar-refractivity contribution in [3.63, 3.8) is 0 Å². The highest BCUT2D eigenvalue weighted by atomic mass is 79.9. The zero-order valence-electron chi connectivity index (χ0n) is 8.02. The van der Waals surface area contributed by atoms with Crippen LogP contribution in [0.2, 0.25) is 0 Å². The Labute approximate surface area is 79.1 Å². The van der Waals surface area contributed by atoms with E-state index in [4.69, 9.17) is 0 Å². The molecule has 1 nitrogen and oxygen atoms in total. The molecule has 68 valence electrons. The molecule has 2 heteroatoms. The van der Waals surface area contributed by atoms with Gasteiger partial charge in [-0.3, -0.25) is 0 Å². The van der Waals surface area contributed by atoms with Crippen LogP contribution in [0.4, 0.5) is 0 Å². The van der Waals surface area contributed by atoms with Crippen molar-refractivity contribution in [2.45, 2.75) is 57.4 Å². The molecule has 3 unspecified atom stereocenters. The largest absolute Gasteiger partial charge is 0.312 e. The summed E-state index contributed by atoms with van der Waals surface area (Å²) in [7, 11) is 0. The normalized spacial score (nSPS) is 19.4. The predicted octanol–water partition coefficient (Wildman–Crippen LogP) is 2.94. The van der Waals surface area contributed by atoms with Gasteiger partial charge in [-0.05, 0) is 26.7 Å². The van der Waals surface area contributed by atoms with E-state index in [0.717, 1.165) is 0 Å². The molecule has 0 aromatic rings. The molecule has 0 amide bonds. The summed E-state index contributed by atoms with van der Waals surface area (Å²) in [6, 6.07) is 1.27. The third kappa shape index (κ3) is 6.82. The minimum Gasteiger partial charge on any atom is -0.312 e. The van der Waals surface area contributed by atoms with Crippen molar-refractivity contribution >= 4 is 15.9 Å². The lowest BCUT2D eigenvalue weighted by Gasteiger charge is -2.19. The summed E-state index contributed by atoms with van der Waals surface area (Å²) in [5, 5.41) is 3.53. The van der Waals surface area contributed by atoms with Gasteiger partial charge in [-0.25, -0.2) is 0 Å². The lowest BCUT2D eigenvalue weighted by atomic mass is 10.1. The second-order valence-electron chi connectivity index (χ2n) is 3.39. The average molecular weight is 222 g/mol. The van der Waals surface area contributed by atoms with Gasteiger partial charge < -0.3 is 5.32 Å². The van der Waals surface area contributed by atoms with Crippen molar-refractivity contribution in [1.29, 1.82) is 0 Å². The third-order valence-electron chi connectivity index (χ3n) is 1.86. The van der Waals surface area contributed by atoms with Gasteiger partial charge in [0.15, 0.2) is 0 Å². The average Bonchev–Trinajstić information content (AvgIpc) is 1.85. The Morgan fingerprint density at radius 1 is 1.18 bits per heavy atom. The summed E-state index contributed by atoms with van der Waals surface area (Å²) in [6.45, 7) is 8.87. The van der Waals surface area contributed by atoms with Gasteiger partial charge in [-0.15, -0.1) is 0 Å². The Morgan fingerprint density at radius 2 is 1.73 bits per heavy atom. The molecule has 0 aromatic heterocycles. The van der Waals surface area contributed by atoms with Gasteiger partial charge in [0, 0.05) is 16.9 Å². The molecule has 11 heavy (non-hydrogen) atoms. The van der Waals surface area contributed by atoms with Crippen LogP contribution < -0.4 is 5.32 Å². The van der Waals surface area contributed by atoms with Crippen LogP contribution in [-0.2, 0) is 0 Å². The van der Waals surface area contributed by atoms with E-state index in [0.29, 0.717) is 16.9 Å². The number of hydrogen-bond donors (Lipinski definition) is 1. The number of halogens is 1. The maximum atomic E-state index is 3.55. The van der Waals surface area contributed by atoms with Gasteiger partial charge in [-0.2, -0.15) is 0 Å². The molecule has 0 saturated carbocycles. The van der Waals surface area contributed by atoms with E-state index in [2.05, 4.69) is 48.9 Å². The molecule has 0 heterocycles. The first kappa shape index (κ1) is 11.4. The highest BCUT2D eigenvalue weighted by Crippen LogP contribution is 2.07. The first-order chi connectivity index (χ1) is 5.06. The van der Waals surface area contributed by atoms with Crippen molar-refractivity contribution in [3.05, 3.63) is 0 Å². The zero-order chi connectivity index (χ0) is 8.85. The molecule has 0 bridgehead atoms. The predicted molar refractivity (Wildman–Crippen MR) is 55.4 cm³/mol. The first-order valence-electron chi connectivity index (χ1n) is 4.46. The Hall–Kier alpha value is 0.440. The zero-order valence-corrected chi connectivity index (χ0v) is 9.61. The molecule has 0 fully saturated rings. The Bertz CT molecular complexity index is 93.6. The van der Waals surface area contributed by atoms with Crippen molar-refractivity contribution in [2.24, 2.45) is 0 Å². The van der Waals surface area contributed by atoms with Crippen LogP contribution in [0.15, 0.2) is 0 Å². The quantitative estimate of drug-likeness (QED) is 0.705. The molecule has 0 aliphatic carbocycles. The summed E-state index contributed by atoms with van der Waals surface area (Å²) < 4.78 is 0. The first-order valence-corrected chi connectivity index (χ1v) is 5.38. The van der Waals surface area contributed by atoms with E-state index >= 15 is 0 Å². The van der Waals surface area contributed by atoms with E-state index in [1.54, 1.807) is 0 Å². The number of nitrogens with one attached hydrogen (secondary N) is 1. The molecular formula is C9H20BrN. The maximum absolute atomic E-state index is 3.55. The Balaban J connectivity index is 3.43. The van der Waals surface area contributed by atoms with Crippen molar-refractivity contribution in [3.8, 4) is 0 Å². The summed E-state index contributed by atoms with van der Waals surface area (Å²) in [6.07, 6.45) is 2.41. The van der Waals surface area contributed by atoms with E-state index in [-0.39, 0.29) is 0 Å². The van der Waals surface area contributed by atoms with Crippen LogP contribution in [0.1, 0.15) is 40.5 Å². The second-order valence-corrected chi connectivity index (χ2v) is 4.96. The van der Waals surface area contributed by atoms with E-state index in [1.807, 2.05) is 0 Å². The summed E-state index contributed by atoms with van der Waals surface area (Å²) in [5.41, 5.74) is 0. The highest BCUT2D eigenvalue weighted by Gasteiger charge is 2.07. The highest BCUT2D eigenvalue weighted by molar-refractivity contribution is 9.09. The van der Waals surface area contributed by atoms with Crippen LogP contribution in [0, 0.1) is 0 Å². The van der Waals surface area contributed by atoms with Gasteiger partial charge in [0.25, 0.3) is 0 Å². The van der Waals surface area contributed by atoms with Crippen LogP contribution in [-0.4, -0.2) is 16.9 Å². The van der Waals surface area contributed by atoms with Gasteiger partial charge in [0.1, 0.15) is 0 Å². The lowest BCUT2D eigenvalue weighted by molar-refractivity contribution is 0.439.